The number of hydrogen-bond acceptors (Lipinski definition) is 1. The molecule has 1 aliphatic carbocycles. The van der Waals surface area contributed by atoms with Gasteiger partial charge >= 0.3 is 0 Å². The van der Waals surface area contributed by atoms with Gasteiger partial charge in [0.05, 0.1) is 19.4 Å². The van der Waals surface area contributed by atoms with Gasteiger partial charge in [0.25, 0.3) is 0 Å². The Morgan fingerprint density at radius 1 is 1.29 bits per heavy atom. The van der Waals surface area contributed by atoms with Gasteiger partial charge in [0.15, 0.2) is 0 Å². The van der Waals surface area contributed by atoms with E-state index in [1.54, 1.807) is 0 Å². The largest absolute Gasteiger partial charge is 0.370 e. The molecule has 0 radical (unpaired) electrons. The summed E-state index contributed by atoms with van der Waals surface area (Å²) in [4.78, 5) is 0.542. The maximum absolute atomic E-state index is 6.04. The monoisotopic (exact) mass is 340 g/mol. The SMILES string of the molecule is CC1(Br)CC2OC2([Si](C)(C)C)CC1Br. The third-order valence-electron chi connectivity index (χ3n) is 3.81. The molecule has 1 saturated heterocycles. The van der Waals surface area contributed by atoms with Gasteiger partial charge in [0.2, 0.25) is 0 Å². The molecular weight excluding hydrogens is 324 g/mol. The zero-order chi connectivity index (χ0) is 10.8. The highest BCUT2D eigenvalue weighted by molar-refractivity contribution is 9.12. The molecule has 0 amide bonds. The molecule has 2 fully saturated rings. The Morgan fingerprint density at radius 2 is 1.86 bits per heavy atom. The van der Waals surface area contributed by atoms with Crippen molar-refractivity contribution in [1.82, 2.24) is 0 Å². The molecule has 0 aromatic rings. The van der Waals surface area contributed by atoms with Crippen molar-refractivity contribution < 1.29 is 4.74 Å². The summed E-state index contributed by atoms with van der Waals surface area (Å²) >= 11 is 7.60. The number of fused-ring (bicyclic) bond motifs is 1. The van der Waals surface area contributed by atoms with E-state index in [9.17, 15) is 0 Å². The highest BCUT2D eigenvalue weighted by atomic mass is 79.9. The average molecular weight is 342 g/mol. The summed E-state index contributed by atoms with van der Waals surface area (Å²) in [5, 5.41) is 0.272. The van der Waals surface area contributed by atoms with Crippen molar-refractivity contribution in [2.45, 2.75) is 59.9 Å². The number of epoxide rings is 1. The van der Waals surface area contributed by atoms with Gasteiger partial charge in [-0.05, 0) is 19.8 Å². The van der Waals surface area contributed by atoms with Crippen molar-refractivity contribution in [1.29, 1.82) is 0 Å². The Bertz CT molecular complexity index is 261. The molecule has 1 saturated carbocycles. The van der Waals surface area contributed by atoms with E-state index >= 15 is 0 Å². The number of rotatable bonds is 1. The number of hydrogen-bond donors (Lipinski definition) is 0. The quantitative estimate of drug-likeness (QED) is 0.402. The lowest BCUT2D eigenvalue weighted by atomic mass is 9.90. The van der Waals surface area contributed by atoms with Gasteiger partial charge in [-0.15, -0.1) is 0 Å². The summed E-state index contributed by atoms with van der Waals surface area (Å²) in [6.07, 6.45) is 2.84. The summed E-state index contributed by atoms with van der Waals surface area (Å²) in [5.41, 5.74) is 0. The van der Waals surface area contributed by atoms with Gasteiger partial charge in [-0.2, -0.15) is 0 Å². The number of ether oxygens (including phenoxy) is 1. The first-order valence-electron chi connectivity index (χ1n) is 5.20. The fraction of sp³-hybridized carbons (Fsp3) is 1.00. The molecule has 0 bridgehead atoms. The molecule has 4 atom stereocenters. The van der Waals surface area contributed by atoms with E-state index in [4.69, 9.17) is 4.74 Å². The average Bonchev–Trinajstić information content (AvgIpc) is 2.60. The van der Waals surface area contributed by atoms with Crippen molar-refractivity contribution in [3.63, 3.8) is 0 Å². The molecule has 1 heterocycles. The van der Waals surface area contributed by atoms with Gasteiger partial charge in [0.1, 0.15) is 0 Å². The Labute approximate surface area is 104 Å². The normalized spacial score (nSPS) is 52.7. The van der Waals surface area contributed by atoms with Gasteiger partial charge in [-0.25, -0.2) is 0 Å². The second kappa shape index (κ2) is 3.08. The highest BCUT2D eigenvalue weighted by Crippen LogP contribution is 2.59. The zero-order valence-electron chi connectivity index (χ0n) is 9.23. The van der Waals surface area contributed by atoms with Crippen LogP contribution in [0.4, 0.5) is 0 Å². The molecule has 0 aromatic heterocycles. The van der Waals surface area contributed by atoms with Crippen molar-refractivity contribution in [2.75, 3.05) is 0 Å². The van der Waals surface area contributed by atoms with Crippen LogP contribution in [0, 0.1) is 0 Å². The molecular formula is C10H18Br2OSi. The highest BCUT2D eigenvalue weighted by Gasteiger charge is 2.68. The minimum absolute atomic E-state index is 0.220. The fourth-order valence-corrected chi connectivity index (χ4v) is 6.34. The smallest absolute Gasteiger partial charge is 0.0859 e. The molecule has 0 N–H and O–H groups in total. The van der Waals surface area contributed by atoms with Gasteiger partial charge in [-0.1, -0.05) is 51.5 Å². The first-order valence-corrected chi connectivity index (χ1v) is 10.4. The van der Waals surface area contributed by atoms with E-state index < -0.39 is 8.07 Å². The Kier molecular flexibility index (Phi) is 2.56. The van der Waals surface area contributed by atoms with Crippen LogP contribution in [-0.2, 0) is 4.74 Å². The van der Waals surface area contributed by atoms with Crippen molar-refractivity contribution in [3.8, 4) is 0 Å². The topological polar surface area (TPSA) is 12.5 Å². The first kappa shape index (κ1) is 11.6. The van der Waals surface area contributed by atoms with Crippen molar-refractivity contribution in [3.05, 3.63) is 0 Å². The van der Waals surface area contributed by atoms with Crippen molar-refractivity contribution >= 4 is 39.9 Å². The second-order valence-corrected chi connectivity index (χ2v) is 14.2. The predicted octanol–water partition coefficient (Wildman–Crippen LogP) is 3.71. The predicted molar refractivity (Wildman–Crippen MR) is 70.2 cm³/mol. The summed E-state index contributed by atoms with van der Waals surface area (Å²) < 4.78 is 6.26. The van der Waals surface area contributed by atoms with Crippen LogP contribution in [0.5, 0.6) is 0 Å². The molecule has 2 rings (SSSR count). The van der Waals surface area contributed by atoms with Crippen molar-refractivity contribution in [2.24, 2.45) is 0 Å². The Balaban J connectivity index is 2.19. The summed E-state index contributed by atoms with van der Waals surface area (Å²) in [7, 11) is -1.18. The molecule has 1 aliphatic heterocycles. The lowest BCUT2D eigenvalue weighted by Crippen LogP contribution is -2.52. The van der Waals surface area contributed by atoms with Crippen LogP contribution >= 0.6 is 31.9 Å². The third-order valence-corrected chi connectivity index (χ3v) is 9.81. The Hall–Kier alpha value is 1.14. The summed E-state index contributed by atoms with van der Waals surface area (Å²) in [5.74, 6) is 0. The summed E-state index contributed by atoms with van der Waals surface area (Å²) in [6, 6.07) is 0. The minimum Gasteiger partial charge on any atom is -0.370 e. The van der Waals surface area contributed by atoms with Gasteiger partial charge < -0.3 is 4.74 Å². The molecule has 82 valence electrons. The van der Waals surface area contributed by atoms with E-state index in [2.05, 4.69) is 58.4 Å². The molecule has 0 aromatic carbocycles. The molecule has 0 spiro atoms. The van der Waals surface area contributed by atoms with Crippen LogP contribution in [0.15, 0.2) is 0 Å². The number of alkyl halides is 2. The maximum atomic E-state index is 6.04. The zero-order valence-corrected chi connectivity index (χ0v) is 13.4. The van der Waals surface area contributed by atoms with Crippen LogP contribution in [0.25, 0.3) is 0 Å². The van der Waals surface area contributed by atoms with Crippen LogP contribution in [-0.4, -0.2) is 28.6 Å². The van der Waals surface area contributed by atoms with E-state index in [1.165, 1.54) is 6.42 Å². The second-order valence-electron chi connectivity index (χ2n) is 5.90. The lowest BCUT2D eigenvalue weighted by molar-refractivity contribution is 0.344. The van der Waals surface area contributed by atoms with Gasteiger partial charge in [-0.3, -0.25) is 0 Å². The molecule has 14 heavy (non-hydrogen) atoms. The molecule has 2 aliphatic rings. The van der Waals surface area contributed by atoms with Gasteiger partial charge in [0, 0.05) is 9.15 Å². The van der Waals surface area contributed by atoms with E-state index in [1.807, 2.05) is 0 Å². The van der Waals surface area contributed by atoms with E-state index in [-0.39, 0.29) is 9.55 Å². The summed E-state index contributed by atoms with van der Waals surface area (Å²) in [6.45, 7) is 9.53. The van der Waals surface area contributed by atoms with Crippen LogP contribution in [0.1, 0.15) is 19.8 Å². The molecule has 4 heteroatoms. The standard InChI is InChI=1S/C10H18Br2OSi/c1-9(12)6-8-10(13-8,5-7(9)11)14(2,3)4/h7-8H,5-6H2,1-4H3. The fourth-order valence-electron chi connectivity index (χ4n) is 2.54. The first-order chi connectivity index (χ1) is 6.19. The van der Waals surface area contributed by atoms with E-state index in [0.29, 0.717) is 10.9 Å². The minimum atomic E-state index is -1.18. The molecule has 4 unspecified atom stereocenters. The molecule has 1 nitrogen and oxygen atoms in total. The number of halogens is 2. The van der Waals surface area contributed by atoms with E-state index in [0.717, 1.165) is 6.42 Å². The third kappa shape index (κ3) is 1.57. The lowest BCUT2D eigenvalue weighted by Gasteiger charge is -2.38. The maximum Gasteiger partial charge on any atom is 0.0859 e. The van der Waals surface area contributed by atoms with Crippen LogP contribution in [0.3, 0.4) is 0 Å². The van der Waals surface area contributed by atoms with Crippen LogP contribution in [0.2, 0.25) is 19.6 Å². The van der Waals surface area contributed by atoms with Crippen LogP contribution < -0.4 is 0 Å². The Morgan fingerprint density at radius 3 is 2.36 bits per heavy atom.